The molecule has 27 heavy (non-hydrogen) atoms. The molecule has 2 aromatic rings. The molecule has 142 valence electrons. The molecule has 0 radical (unpaired) electrons. The van der Waals surface area contributed by atoms with Gasteiger partial charge in [-0.1, -0.05) is 18.6 Å². The van der Waals surface area contributed by atoms with Crippen LogP contribution >= 0.6 is 0 Å². The second-order valence-electron chi connectivity index (χ2n) is 6.55. The van der Waals surface area contributed by atoms with Crippen LogP contribution in [0.1, 0.15) is 35.2 Å². The smallest absolute Gasteiger partial charge is 0.253 e. The monoisotopic (exact) mass is 371 g/mol. The van der Waals surface area contributed by atoms with Gasteiger partial charge in [0.1, 0.15) is 5.82 Å². The normalized spacial score (nSPS) is 18.7. The van der Waals surface area contributed by atoms with Crippen molar-refractivity contribution in [2.24, 2.45) is 5.92 Å². The number of aromatic nitrogens is 1. The van der Waals surface area contributed by atoms with Crippen molar-refractivity contribution in [3.05, 3.63) is 59.5 Å². The number of nitrogens with one attached hydrogen (secondary N) is 2. The average molecular weight is 371 g/mol. The molecule has 1 aromatic heterocycles. The van der Waals surface area contributed by atoms with Gasteiger partial charge in [-0.2, -0.15) is 0 Å². The average Bonchev–Trinajstić information content (AvgIpc) is 3.14. The molecule has 6 nitrogen and oxygen atoms in total. The number of amides is 2. The highest BCUT2D eigenvalue weighted by atomic mass is 19.1. The van der Waals surface area contributed by atoms with E-state index in [0.717, 1.165) is 12.8 Å². The Kier molecular flexibility index (Phi) is 6.01. The summed E-state index contributed by atoms with van der Waals surface area (Å²) in [5.41, 5.74) is 1.12. The van der Waals surface area contributed by atoms with Gasteiger partial charge in [-0.25, -0.2) is 9.37 Å². The van der Waals surface area contributed by atoms with E-state index in [1.807, 2.05) is 0 Å². The van der Waals surface area contributed by atoms with Crippen LogP contribution in [-0.4, -0.2) is 29.9 Å². The second-order valence-corrected chi connectivity index (χ2v) is 6.55. The zero-order chi connectivity index (χ0) is 19.2. The Morgan fingerprint density at radius 2 is 2.11 bits per heavy atom. The van der Waals surface area contributed by atoms with Gasteiger partial charge in [0.05, 0.1) is 18.6 Å². The first kappa shape index (κ1) is 18.8. The van der Waals surface area contributed by atoms with Crippen molar-refractivity contribution < 1.29 is 18.7 Å². The van der Waals surface area contributed by atoms with E-state index < -0.39 is 0 Å². The molecule has 1 saturated carbocycles. The van der Waals surface area contributed by atoms with Crippen LogP contribution in [0.5, 0.6) is 5.88 Å². The summed E-state index contributed by atoms with van der Waals surface area (Å²) >= 11 is 0. The standard InChI is InChI=1S/C20H22FN3O3/c1-27-18-9-8-14(12-22-18)19(25)24-17-7-3-6-16(17)20(26)23-11-13-4-2-5-15(21)10-13/h2,4-5,8-10,12,16-17H,3,6-7,11H2,1H3,(H,23,26)(H,24,25)/t16-,17+/m0/s1. The maximum atomic E-state index is 13.2. The molecule has 0 unspecified atom stereocenters. The van der Waals surface area contributed by atoms with Crippen LogP contribution in [0, 0.1) is 11.7 Å². The molecule has 2 atom stereocenters. The van der Waals surface area contributed by atoms with Gasteiger partial charge in [-0.05, 0) is 36.6 Å². The summed E-state index contributed by atoms with van der Waals surface area (Å²) in [6.07, 6.45) is 3.76. The van der Waals surface area contributed by atoms with Gasteiger partial charge < -0.3 is 15.4 Å². The third kappa shape index (κ3) is 4.81. The SMILES string of the molecule is COc1ccc(C(=O)N[C@@H]2CCC[C@@H]2C(=O)NCc2cccc(F)c2)cn1. The highest BCUT2D eigenvalue weighted by Gasteiger charge is 2.34. The number of hydrogen-bond acceptors (Lipinski definition) is 4. The van der Waals surface area contributed by atoms with Crippen molar-refractivity contribution in [2.75, 3.05) is 7.11 Å². The van der Waals surface area contributed by atoms with E-state index in [9.17, 15) is 14.0 Å². The molecule has 0 spiro atoms. The van der Waals surface area contributed by atoms with Gasteiger partial charge in [-0.15, -0.1) is 0 Å². The van der Waals surface area contributed by atoms with Crippen LogP contribution in [0.3, 0.4) is 0 Å². The quantitative estimate of drug-likeness (QED) is 0.817. The summed E-state index contributed by atoms with van der Waals surface area (Å²) in [7, 11) is 1.51. The first-order valence-corrected chi connectivity index (χ1v) is 8.90. The van der Waals surface area contributed by atoms with Crippen LogP contribution in [0.25, 0.3) is 0 Å². The molecule has 1 fully saturated rings. The zero-order valence-electron chi connectivity index (χ0n) is 15.1. The van der Waals surface area contributed by atoms with E-state index >= 15 is 0 Å². The number of carbonyl (C=O) groups excluding carboxylic acids is 2. The fraction of sp³-hybridized carbons (Fsp3) is 0.350. The number of halogens is 1. The molecule has 1 heterocycles. The maximum Gasteiger partial charge on any atom is 0.253 e. The minimum atomic E-state index is -0.333. The molecule has 1 aliphatic carbocycles. The van der Waals surface area contributed by atoms with Crippen molar-refractivity contribution in [2.45, 2.75) is 31.8 Å². The molecule has 3 rings (SSSR count). The fourth-order valence-electron chi connectivity index (χ4n) is 3.30. The number of hydrogen-bond donors (Lipinski definition) is 2. The third-order valence-corrected chi connectivity index (χ3v) is 4.73. The number of rotatable bonds is 6. The molecular weight excluding hydrogens is 349 g/mol. The fourth-order valence-corrected chi connectivity index (χ4v) is 3.30. The minimum absolute atomic E-state index is 0.130. The van der Waals surface area contributed by atoms with Crippen molar-refractivity contribution in [3.63, 3.8) is 0 Å². The maximum absolute atomic E-state index is 13.2. The van der Waals surface area contributed by atoms with Gasteiger partial charge >= 0.3 is 0 Å². The lowest BCUT2D eigenvalue weighted by Gasteiger charge is -2.20. The van der Waals surface area contributed by atoms with Crippen LogP contribution in [-0.2, 0) is 11.3 Å². The second kappa shape index (κ2) is 8.62. The van der Waals surface area contributed by atoms with Gasteiger partial charge in [0, 0.05) is 24.8 Å². The van der Waals surface area contributed by atoms with Crippen molar-refractivity contribution in [3.8, 4) is 5.88 Å². The Morgan fingerprint density at radius 3 is 2.81 bits per heavy atom. The first-order chi connectivity index (χ1) is 13.1. The molecule has 0 aliphatic heterocycles. The van der Waals surface area contributed by atoms with E-state index in [1.54, 1.807) is 24.3 Å². The van der Waals surface area contributed by atoms with Crippen molar-refractivity contribution in [1.82, 2.24) is 15.6 Å². The summed E-state index contributed by atoms with van der Waals surface area (Å²) in [5, 5.41) is 5.77. The summed E-state index contributed by atoms with van der Waals surface area (Å²) in [6.45, 7) is 0.260. The van der Waals surface area contributed by atoms with E-state index in [0.29, 0.717) is 23.4 Å². The van der Waals surface area contributed by atoms with E-state index in [4.69, 9.17) is 4.74 Å². The molecule has 1 aliphatic rings. The van der Waals surface area contributed by atoms with Gasteiger partial charge in [0.15, 0.2) is 0 Å². The Labute approximate surface area is 157 Å². The molecule has 7 heteroatoms. The summed E-state index contributed by atoms with van der Waals surface area (Å²) in [6, 6.07) is 9.15. The number of benzene rings is 1. The minimum Gasteiger partial charge on any atom is -0.481 e. The molecule has 2 N–H and O–H groups in total. The number of nitrogens with zero attached hydrogens (tertiary/aromatic N) is 1. The third-order valence-electron chi connectivity index (χ3n) is 4.73. The zero-order valence-corrected chi connectivity index (χ0v) is 15.1. The molecule has 1 aromatic carbocycles. The van der Waals surface area contributed by atoms with Crippen molar-refractivity contribution in [1.29, 1.82) is 0 Å². The summed E-state index contributed by atoms with van der Waals surface area (Å²) in [5.74, 6) is -0.591. The van der Waals surface area contributed by atoms with E-state index in [2.05, 4.69) is 15.6 Å². The van der Waals surface area contributed by atoms with Crippen molar-refractivity contribution >= 4 is 11.8 Å². The van der Waals surface area contributed by atoms with Crippen LogP contribution in [0.4, 0.5) is 4.39 Å². The predicted octanol–water partition coefficient (Wildman–Crippen LogP) is 2.44. The van der Waals surface area contributed by atoms with E-state index in [1.165, 1.54) is 25.4 Å². The number of ether oxygens (including phenoxy) is 1. The topological polar surface area (TPSA) is 80.3 Å². The number of carbonyl (C=O) groups is 2. The van der Waals surface area contributed by atoms with E-state index in [-0.39, 0.29) is 36.1 Å². The van der Waals surface area contributed by atoms with Crippen LogP contribution in [0.15, 0.2) is 42.6 Å². The molecule has 0 bridgehead atoms. The number of methoxy groups -OCH3 is 1. The lowest BCUT2D eigenvalue weighted by atomic mass is 10.0. The Bertz CT molecular complexity index is 810. The molecular formula is C20H22FN3O3. The summed E-state index contributed by atoms with van der Waals surface area (Å²) < 4.78 is 18.2. The Hall–Kier alpha value is -2.96. The summed E-state index contributed by atoms with van der Waals surface area (Å²) in [4.78, 5) is 29.0. The highest BCUT2D eigenvalue weighted by Crippen LogP contribution is 2.26. The number of pyridine rings is 1. The lowest BCUT2D eigenvalue weighted by Crippen LogP contribution is -2.43. The highest BCUT2D eigenvalue weighted by molar-refractivity contribution is 5.94. The van der Waals surface area contributed by atoms with Crippen LogP contribution < -0.4 is 15.4 Å². The molecule has 2 amide bonds. The van der Waals surface area contributed by atoms with Gasteiger partial charge in [0.25, 0.3) is 5.91 Å². The predicted molar refractivity (Wildman–Crippen MR) is 97.6 cm³/mol. The first-order valence-electron chi connectivity index (χ1n) is 8.90. The largest absolute Gasteiger partial charge is 0.481 e. The Balaban J connectivity index is 1.57. The van der Waals surface area contributed by atoms with Gasteiger partial charge in [-0.3, -0.25) is 9.59 Å². The van der Waals surface area contributed by atoms with Gasteiger partial charge in [0.2, 0.25) is 11.8 Å². The van der Waals surface area contributed by atoms with Crippen LogP contribution in [0.2, 0.25) is 0 Å². The molecule has 0 saturated heterocycles. The Morgan fingerprint density at radius 1 is 1.26 bits per heavy atom. The lowest BCUT2D eigenvalue weighted by molar-refractivity contribution is -0.125.